The molecule has 1 amide bonds. The van der Waals surface area contributed by atoms with Crippen molar-refractivity contribution < 1.29 is 17.9 Å². The Balaban J connectivity index is 2.54. The molecule has 94 valence electrons. The van der Waals surface area contributed by atoms with Gasteiger partial charge in [-0.2, -0.15) is 0 Å². The molecule has 1 fully saturated rings. The first kappa shape index (κ1) is 13.4. The van der Waals surface area contributed by atoms with Crippen molar-refractivity contribution in [1.29, 1.82) is 0 Å². The highest BCUT2D eigenvalue weighted by atomic mass is 32.2. The van der Waals surface area contributed by atoms with Crippen LogP contribution in [0.2, 0.25) is 0 Å². The largest absolute Gasteiger partial charge is 0.379 e. The molecular weight excluding hydrogens is 232 g/mol. The average molecular weight is 250 g/mol. The van der Waals surface area contributed by atoms with Gasteiger partial charge in [0.1, 0.15) is 15.4 Å². The van der Waals surface area contributed by atoms with E-state index in [9.17, 15) is 13.2 Å². The Morgan fingerprint density at radius 3 is 2.62 bits per heavy atom. The highest BCUT2D eigenvalue weighted by Crippen LogP contribution is 2.17. The molecule has 0 radical (unpaired) electrons. The van der Waals surface area contributed by atoms with Gasteiger partial charge in [-0.1, -0.05) is 0 Å². The Labute approximate surface area is 95.7 Å². The van der Waals surface area contributed by atoms with Crippen molar-refractivity contribution in [2.75, 3.05) is 38.8 Å². The molecule has 1 aliphatic heterocycles. The maximum atomic E-state index is 11.9. The molecule has 6 nitrogen and oxygen atoms in total. The summed E-state index contributed by atoms with van der Waals surface area (Å²) in [4.78, 5) is 13.3. The monoisotopic (exact) mass is 250 g/mol. The second kappa shape index (κ2) is 4.68. The zero-order valence-electron chi connectivity index (χ0n) is 9.60. The average Bonchev–Trinajstić information content (AvgIpc) is 2.60. The normalized spacial score (nSPS) is 25.7. The van der Waals surface area contributed by atoms with E-state index in [4.69, 9.17) is 10.5 Å². The number of carbonyl (C=O) groups is 1. The summed E-state index contributed by atoms with van der Waals surface area (Å²) in [6.45, 7) is 0.841. The van der Waals surface area contributed by atoms with Gasteiger partial charge in [0.2, 0.25) is 5.91 Å². The van der Waals surface area contributed by atoms with Crippen LogP contribution in [-0.2, 0) is 19.4 Å². The number of likely N-dealkylation sites (N-methyl/N-ethyl adjacent to an activating group) is 1. The van der Waals surface area contributed by atoms with Gasteiger partial charge in [-0.25, -0.2) is 8.42 Å². The lowest BCUT2D eigenvalue weighted by atomic mass is 9.99. The first-order valence-electron chi connectivity index (χ1n) is 5.04. The van der Waals surface area contributed by atoms with Gasteiger partial charge in [0, 0.05) is 26.5 Å². The third-order valence-electron chi connectivity index (χ3n) is 2.62. The lowest BCUT2D eigenvalue weighted by Gasteiger charge is -2.27. The number of hydrogen-bond donors (Lipinski definition) is 1. The summed E-state index contributed by atoms with van der Waals surface area (Å²) < 4.78 is 27.0. The highest BCUT2D eigenvalue weighted by Gasteiger charge is 2.40. The summed E-state index contributed by atoms with van der Waals surface area (Å²) in [5.74, 6) is -0.305. The molecule has 0 spiro atoms. The molecular formula is C9H18N2O4S. The predicted octanol–water partition coefficient (Wildman–Crippen LogP) is -1.39. The van der Waals surface area contributed by atoms with Crippen molar-refractivity contribution in [2.45, 2.75) is 12.0 Å². The number of nitrogens with two attached hydrogens (primary N) is 1. The fraction of sp³-hybridized carbons (Fsp3) is 0.889. The van der Waals surface area contributed by atoms with Gasteiger partial charge in [-0.05, 0) is 6.42 Å². The van der Waals surface area contributed by atoms with E-state index in [-0.39, 0.29) is 24.8 Å². The van der Waals surface area contributed by atoms with E-state index in [0.29, 0.717) is 13.0 Å². The van der Waals surface area contributed by atoms with Crippen LogP contribution in [0.4, 0.5) is 0 Å². The Morgan fingerprint density at radius 1 is 1.56 bits per heavy atom. The van der Waals surface area contributed by atoms with E-state index >= 15 is 0 Å². The second-order valence-corrected chi connectivity index (χ2v) is 6.58. The van der Waals surface area contributed by atoms with E-state index in [1.165, 1.54) is 4.90 Å². The molecule has 1 atom stereocenters. The summed E-state index contributed by atoms with van der Waals surface area (Å²) in [7, 11) is -1.51. The molecule has 1 saturated heterocycles. The zero-order chi connectivity index (χ0) is 12.4. The summed E-state index contributed by atoms with van der Waals surface area (Å²) in [5, 5.41) is 0. The van der Waals surface area contributed by atoms with Gasteiger partial charge in [0.15, 0.2) is 0 Å². The lowest BCUT2D eigenvalue weighted by Crippen LogP contribution is -2.55. The number of sulfone groups is 1. The molecule has 0 aromatic heterocycles. The van der Waals surface area contributed by atoms with Crippen molar-refractivity contribution >= 4 is 15.7 Å². The summed E-state index contributed by atoms with van der Waals surface area (Å²) >= 11 is 0. The Bertz CT molecular complexity index is 360. The van der Waals surface area contributed by atoms with Crippen LogP contribution in [0.5, 0.6) is 0 Å². The molecule has 0 bridgehead atoms. The third-order valence-corrected chi connectivity index (χ3v) is 3.55. The number of ether oxygens (including phenoxy) is 1. The number of nitrogens with zero attached hydrogens (tertiary/aromatic N) is 1. The van der Waals surface area contributed by atoms with Crippen molar-refractivity contribution in [3.63, 3.8) is 0 Å². The van der Waals surface area contributed by atoms with E-state index in [0.717, 1.165) is 6.26 Å². The third kappa shape index (κ3) is 3.43. The lowest BCUT2D eigenvalue weighted by molar-refractivity contribution is -0.135. The molecule has 0 saturated carbocycles. The van der Waals surface area contributed by atoms with Crippen molar-refractivity contribution in [3.8, 4) is 0 Å². The zero-order valence-corrected chi connectivity index (χ0v) is 10.4. The van der Waals surface area contributed by atoms with E-state index in [1.807, 2.05) is 0 Å². The minimum absolute atomic E-state index is 0.0494. The fourth-order valence-corrected chi connectivity index (χ4v) is 2.14. The summed E-state index contributed by atoms with van der Waals surface area (Å²) in [5.41, 5.74) is 4.90. The first-order valence-corrected chi connectivity index (χ1v) is 7.11. The van der Waals surface area contributed by atoms with Crippen LogP contribution in [0, 0.1) is 0 Å². The quantitative estimate of drug-likeness (QED) is 0.663. The van der Waals surface area contributed by atoms with Gasteiger partial charge in [-0.3, -0.25) is 4.79 Å². The predicted molar refractivity (Wildman–Crippen MR) is 59.7 cm³/mol. The van der Waals surface area contributed by atoms with E-state index < -0.39 is 15.4 Å². The molecule has 7 heteroatoms. The van der Waals surface area contributed by atoms with Crippen LogP contribution in [-0.4, -0.2) is 63.6 Å². The maximum absolute atomic E-state index is 11.9. The van der Waals surface area contributed by atoms with E-state index in [2.05, 4.69) is 0 Å². The molecule has 1 unspecified atom stereocenters. The van der Waals surface area contributed by atoms with Gasteiger partial charge >= 0.3 is 0 Å². The van der Waals surface area contributed by atoms with Crippen LogP contribution in [0.25, 0.3) is 0 Å². The van der Waals surface area contributed by atoms with Crippen LogP contribution in [0.3, 0.4) is 0 Å². The number of rotatable bonds is 4. The van der Waals surface area contributed by atoms with Crippen molar-refractivity contribution in [1.82, 2.24) is 4.90 Å². The molecule has 0 aromatic carbocycles. The van der Waals surface area contributed by atoms with Crippen LogP contribution < -0.4 is 5.73 Å². The van der Waals surface area contributed by atoms with Gasteiger partial charge in [0.25, 0.3) is 0 Å². The minimum atomic E-state index is -3.06. The van der Waals surface area contributed by atoms with Crippen molar-refractivity contribution in [3.05, 3.63) is 0 Å². The Hall–Kier alpha value is -0.660. The van der Waals surface area contributed by atoms with Gasteiger partial charge in [0.05, 0.1) is 12.4 Å². The second-order valence-electron chi connectivity index (χ2n) is 4.32. The Kier molecular flexibility index (Phi) is 3.92. The molecule has 1 aliphatic rings. The minimum Gasteiger partial charge on any atom is -0.379 e. The smallest absolute Gasteiger partial charge is 0.244 e. The van der Waals surface area contributed by atoms with Gasteiger partial charge in [-0.15, -0.1) is 0 Å². The molecule has 1 heterocycles. The first-order chi connectivity index (χ1) is 7.25. The molecule has 1 rings (SSSR count). The van der Waals surface area contributed by atoms with Crippen LogP contribution in [0.1, 0.15) is 6.42 Å². The van der Waals surface area contributed by atoms with Crippen molar-refractivity contribution in [2.24, 2.45) is 5.73 Å². The van der Waals surface area contributed by atoms with Crippen LogP contribution >= 0.6 is 0 Å². The SMILES string of the molecule is CN(CCS(C)(=O)=O)C(=O)C1(N)CCOC1. The number of amides is 1. The van der Waals surface area contributed by atoms with Crippen LogP contribution in [0.15, 0.2) is 0 Å². The molecule has 0 aromatic rings. The molecule has 2 N–H and O–H groups in total. The molecule has 0 aliphatic carbocycles. The summed E-state index contributed by atoms with van der Waals surface area (Å²) in [6, 6.07) is 0. The topological polar surface area (TPSA) is 89.7 Å². The Morgan fingerprint density at radius 2 is 2.19 bits per heavy atom. The molecule has 16 heavy (non-hydrogen) atoms. The number of carbonyl (C=O) groups excluding carboxylic acids is 1. The fourth-order valence-electron chi connectivity index (χ4n) is 1.53. The highest BCUT2D eigenvalue weighted by molar-refractivity contribution is 7.90. The maximum Gasteiger partial charge on any atom is 0.244 e. The van der Waals surface area contributed by atoms with E-state index in [1.54, 1.807) is 7.05 Å². The summed E-state index contributed by atoms with van der Waals surface area (Å²) in [6.07, 6.45) is 1.62. The number of hydrogen-bond acceptors (Lipinski definition) is 5. The van der Waals surface area contributed by atoms with Gasteiger partial charge < -0.3 is 15.4 Å². The standard InChI is InChI=1S/C9H18N2O4S/c1-11(4-6-16(2,13)14)8(12)9(10)3-5-15-7-9/h3-7,10H2,1-2H3.